The molecule has 82 heavy (non-hydrogen) atoms. The Kier molecular flexibility index (Phi) is 35.4. The minimum absolute atomic E-state index is 0.157. The van der Waals surface area contributed by atoms with Crippen LogP contribution in [0.1, 0.15) is 263 Å². The van der Waals surface area contributed by atoms with Gasteiger partial charge in [0.2, 0.25) is 0 Å². The van der Waals surface area contributed by atoms with E-state index in [4.69, 9.17) is 9.47 Å². The van der Waals surface area contributed by atoms with Gasteiger partial charge in [-0.1, -0.05) is 244 Å². The predicted octanol–water partition coefficient (Wildman–Crippen LogP) is 19.1. The molecule has 0 aromatic rings. The summed E-state index contributed by atoms with van der Waals surface area (Å²) in [5.74, 6) is -0.463. The zero-order chi connectivity index (χ0) is 61.0. The average molecular weight is 1140 g/mol. The van der Waals surface area contributed by atoms with Crippen LogP contribution in [0, 0.1) is 10.8 Å². The predicted molar refractivity (Wildman–Crippen MR) is 347 cm³/mol. The van der Waals surface area contributed by atoms with Gasteiger partial charge in [-0.25, -0.2) is 0 Å². The molecule has 0 amide bonds. The van der Waals surface area contributed by atoms with Gasteiger partial charge in [0, 0.05) is 36.5 Å². The zero-order valence-corrected chi connectivity index (χ0v) is 53.9. The van der Waals surface area contributed by atoms with Gasteiger partial charge >= 0.3 is 11.9 Å². The van der Waals surface area contributed by atoms with Gasteiger partial charge in [-0.05, 0) is 137 Å². The van der Waals surface area contributed by atoms with Gasteiger partial charge in [0.25, 0.3) is 0 Å². The highest BCUT2D eigenvalue weighted by atomic mass is 16.5. The van der Waals surface area contributed by atoms with Gasteiger partial charge in [-0.15, -0.1) is 0 Å². The Morgan fingerprint density at radius 2 is 0.707 bits per heavy atom. The van der Waals surface area contributed by atoms with E-state index >= 15 is 0 Å². The molecule has 0 aromatic carbocycles. The van der Waals surface area contributed by atoms with E-state index < -0.39 is 45.4 Å². The van der Waals surface area contributed by atoms with Crippen LogP contribution >= 0.6 is 0 Å². The number of allylic oxidation sites excluding steroid dienone is 22. The second-order valence-corrected chi connectivity index (χ2v) is 25.9. The summed E-state index contributed by atoms with van der Waals surface area (Å²) in [5.41, 5.74) is -3.66. The van der Waals surface area contributed by atoms with Gasteiger partial charge in [0.05, 0.1) is 11.2 Å². The van der Waals surface area contributed by atoms with Crippen molar-refractivity contribution in [2.45, 2.75) is 297 Å². The molecule has 2 aliphatic rings. The van der Waals surface area contributed by atoms with Crippen LogP contribution in [0.4, 0.5) is 0 Å². The van der Waals surface area contributed by atoms with Crippen molar-refractivity contribution in [2.24, 2.45) is 10.8 Å². The fourth-order valence-corrected chi connectivity index (χ4v) is 11.6. The number of aliphatic hydroxyl groups is 4. The first kappa shape index (κ1) is 73.8. The lowest BCUT2D eigenvalue weighted by Gasteiger charge is -2.55. The lowest BCUT2D eigenvalue weighted by molar-refractivity contribution is -0.223. The Hall–Kier alpha value is -4.34. The second-order valence-electron chi connectivity index (χ2n) is 25.9. The van der Waals surface area contributed by atoms with Crippen molar-refractivity contribution in [3.63, 3.8) is 0 Å². The van der Waals surface area contributed by atoms with Crippen molar-refractivity contribution < 1.29 is 39.5 Å². The molecule has 4 N–H and O–H groups in total. The molecule has 8 heteroatoms. The van der Waals surface area contributed by atoms with E-state index in [1.165, 1.54) is 70.6 Å². The SMILES string of the molecule is CCCCC/C=C\C/C=C\CCCCCCCC(=O)O[C@H]1CC(C)(C)[C@](O)(/C=C/C(C)=C/C=C/C(C)=C/C=C/C=C(C)/C=C/C=C(C)/C=C/[C@@]2(O)C(C)(C)C[C@H](OC(=O)CCCCCCC/C=C/CCCCCC)C[C@@]2(C)O)[C@](C)(O)C1. The third-order valence-electron chi connectivity index (χ3n) is 16.9. The summed E-state index contributed by atoms with van der Waals surface area (Å²) < 4.78 is 11.8. The molecule has 2 rings (SSSR count). The maximum atomic E-state index is 12.9. The number of rotatable bonds is 39. The van der Waals surface area contributed by atoms with E-state index in [9.17, 15) is 30.0 Å². The number of carbonyl (C=O) groups is 2. The summed E-state index contributed by atoms with van der Waals surface area (Å²) in [6.45, 7) is 23.4. The van der Waals surface area contributed by atoms with Gasteiger partial charge in [-0.2, -0.15) is 0 Å². The van der Waals surface area contributed by atoms with Crippen molar-refractivity contribution in [3.05, 3.63) is 144 Å². The lowest BCUT2D eigenvalue weighted by Crippen LogP contribution is -2.65. The smallest absolute Gasteiger partial charge is 0.306 e. The van der Waals surface area contributed by atoms with Crippen LogP contribution in [0.3, 0.4) is 0 Å². The summed E-state index contributed by atoms with van der Waals surface area (Å²) in [4.78, 5) is 25.7. The van der Waals surface area contributed by atoms with E-state index in [0.29, 0.717) is 25.7 Å². The highest BCUT2D eigenvalue weighted by Gasteiger charge is 2.60. The molecule has 462 valence electrons. The van der Waals surface area contributed by atoms with Crippen molar-refractivity contribution in [1.82, 2.24) is 0 Å². The molecule has 0 aliphatic heterocycles. The van der Waals surface area contributed by atoms with E-state index in [0.717, 1.165) is 92.9 Å². The highest BCUT2D eigenvalue weighted by molar-refractivity contribution is 5.70. The Morgan fingerprint density at radius 3 is 1.09 bits per heavy atom. The standard InChI is InChI=1S/C74H118O8/c1-13-15-17-19-21-23-25-27-28-30-32-34-36-38-40-52-68(76)82-66-58-70(9,10)74(80,72(12,78)60-66)56-54-64(6)50-44-48-62(4)46-42-41-45-61(3)47-43-49-63(5)53-55-73(79)69(7,8)57-65(59-71(73,11)77)81-67(75)51-39-37-35-33-31-29-26-24-22-20-18-16-14-2/h21,23-24,26-28,41-50,53-56,65-66,77-80H,13-20,22,25,29-40,51-52,57-60H2,1-12H3/b23-21-,26-24+,28-27-,42-41+,47-43+,48-44+,55-53+,56-54+,61-45+,62-46+,63-49+,64-50+/t65-,66-,71+,72+,73+,74+/m0/s1. The number of esters is 2. The first-order valence-electron chi connectivity index (χ1n) is 32.2. The molecule has 2 aliphatic carbocycles. The molecular formula is C74H118O8. The maximum Gasteiger partial charge on any atom is 0.306 e. The molecule has 0 unspecified atom stereocenters. The van der Waals surface area contributed by atoms with E-state index in [1.807, 2.05) is 128 Å². The van der Waals surface area contributed by atoms with Gasteiger partial charge in [0.1, 0.15) is 23.4 Å². The summed E-state index contributed by atoms with van der Waals surface area (Å²) >= 11 is 0. The monoisotopic (exact) mass is 1130 g/mol. The fraction of sp³-hybridized carbons (Fsp3) is 0.649. The van der Waals surface area contributed by atoms with Crippen molar-refractivity contribution in [3.8, 4) is 0 Å². The molecular weight excluding hydrogens is 1020 g/mol. The number of hydrogen-bond acceptors (Lipinski definition) is 8. The topological polar surface area (TPSA) is 134 Å². The summed E-state index contributed by atoms with van der Waals surface area (Å²) in [6.07, 6.45) is 67.0. The Balaban J connectivity index is 1.80. The average Bonchev–Trinajstić information content (AvgIpc) is 2.38. The van der Waals surface area contributed by atoms with Crippen LogP contribution in [-0.4, -0.2) is 67.0 Å². The third kappa shape index (κ3) is 28.0. The number of carbonyl (C=O) groups excluding carboxylic acids is 2. The molecule has 0 saturated heterocycles. The first-order valence-corrected chi connectivity index (χ1v) is 32.2. The number of hydrogen-bond donors (Lipinski definition) is 4. The largest absolute Gasteiger partial charge is 0.462 e. The van der Waals surface area contributed by atoms with Crippen LogP contribution in [-0.2, 0) is 19.1 Å². The van der Waals surface area contributed by atoms with E-state index in [-0.39, 0.29) is 24.8 Å². The van der Waals surface area contributed by atoms with Crippen LogP contribution < -0.4 is 0 Å². The summed E-state index contributed by atoms with van der Waals surface area (Å²) in [7, 11) is 0. The molecule has 0 heterocycles. The van der Waals surface area contributed by atoms with E-state index in [1.54, 1.807) is 26.0 Å². The van der Waals surface area contributed by atoms with Crippen LogP contribution in [0.25, 0.3) is 0 Å². The van der Waals surface area contributed by atoms with Gasteiger partial charge in [-0.3, -0.25) is 9.59 Å². The lowest BCUT2D eigenvalue weighted by atomic mass is 9.57. The molecule has 0 aromatic heterocycles. The first-order chi connectivity index (χ1) is 38.8. The van der Waals surface area contributed by atoms with Crippen LogP contribution in [0.2, 0.25) is 0 Å². The molecule has 0 radical (unpaired) electrons. The minimum atomic E-state index is -1.54. The fourth-order valence-electron chi connectivity index (χ4n) is 11.6. The van der Waals surface area contributed by atoms with Crippen molar-refractivity contribution in [2.75, 3.05) is 0 Å². The zero-order valence-electron chi connectivity index (χ0n) is 53.9. The third-order valence-corrected chi connectivity index (χ3v) is 16.9. The summed E-state index contributed by atoms with van der Waals surface area (Å²) in [6, 6.07) is 0. The van der Waals surface area contributed by atoms with E-state index in [2.05, 4.69) is 50.3 Å². The number of ether oxygens (including phenoxy) is 2. The van der Waals surface area contributed by atoms with Gasteiger partial charge in [0.15, 0.2) is 0 Å². The second kappa shape index (κ2) is 39.3. The normalized spacial score (nSPS) is 26.0. The van der Waals surface area contributed by atoms with Crippen molar-refractivity contribution in [1.29, 1.82) is 0 Å². The molecule has 0 spiro atoms. The summed E-state index contributed by atoms with van der Waals surface area (Å²) in [5, 5.41) is 47.4. The molecule has 2 saturated carbocycles. The van der Waals surface area contributed by atoms with Crippen LogP contribution in [0.5, 0.6) is 0 Å². The molecule has 0 bridgehead atoms. The minimum Gasteiger partial charge on any atom is -0.462 e. The number of unbranched alkanes of at least 4 members (excludes halogenated alkanes) is 17. The quantitative estimate of drug-likeness (QED) is 0.0207. The van der Waals surface area contributed by atoms with Gasteiger partial charge < -0.3 is 29.9 Å². The van der Waals surface area contributed by atoms with Crippen LogP contribution in [0.15, 0.2) is 144 Å². The maximum absolute atomic E-state index is 12.9. The molecule has 2 fully saturated rings. The Morgan fingerprint density at radius 1 is 0.402 bits per heavy atom. The molecule has 6 atom stereocenters. The van der Waals surface area contributed by atoms with Crippen molar-refractivity contribution >= 4 is 11.9 Å². The Bertz CT molecular complexity index is 2190. The molecule has 8 nitrogen and oxygen atoms in total. The Labute approximate surface area is 501 Å². The highest BCUT2D eigenvalue weighted by Crippen LogP contribution is 2.52.